The number of benzene rings is 2. The summed E-state index contributed by atoms with van der Waals surface area (Å²) in [4.78, 5) is 12.6. The van der Waals surface area contributed by atoms with E-state index in [1.54, 1.807) is 6.07 Å². The molecule has 13 heteroatoms. The lowest BCUT2D eigenvalue weighted by Crippen LogP contribution is -2.15. The normalized spacial score (nSPS) is 12.1. The predicted octanol–water partition coefficient (Wildman–Crippen LogP) is 1.53. The zero-order valence-electron chi connectivity index (χ0n) is 13.5. The third kappa shape index (κ3) is 4.23. The minimum absolute atomic E-state index is 0.0413. The van der Waals surface area contributed by atoms with Crippen LogP contribution in [-0.2, 0) is 20.8 Å². The SMILES string of the molecule is O=c1c(OS(=O)(=O)O)c(-c2ccc(OS(=O)(=O)O)c(O)c2)oc2ccccc12. The molecule has 0 radical (unpaired) electrons. The minimum Gasteiger partial charge on any atom is -0.504 e. The van der Waals surface area contributed by atoms with Crippen molar-refractivity contribution in [2.75, 3.05) is 0 Å². The first-order valence-electron chi connectivity index (χ1n) is 7.17. The van der Waals surface area contributed by atoms with Crippen LogP contribution in [0, 0.1) is 0 Å². The lowest BCUT2D eigenvalue weighted by Gasteiger charge is -2.10. The van der Waals surface area contributed by atoms with Crippen molar-refractivity contribution < 1.29 is 43.8 Å². The topological polar surface area (TPSA) is 178 Å². The molecule has 1 aromatic heterocycles. The maximum Gasteiger partial charge on any atom is 0.446 e. The van der Waals surface area contributed by atoms with Crippen LogP contribution in [0.1, 0.15) is 0 Å². The number of para-hydroxylation sites is 1. The van der Waals surface area contributed by atoms with E-state index in [4.69, 9.17) is 13.5 Å². The van der Waals surface area contributed by atoms with E-state index in [2.05, 4.69) is 8.37 Å². The van der Waals surface area contributed by atoms with Crippen LogP contribution in [0.2, 0.25) is 0 Å². The standard InChI is InChI=1S/C15H10O11S2/c16-10-7-8(5-6-12(10)25-27(18,19)20)14-15(26-28(21,22)23)13(17)9-3-1-2-4-11(9)24-14/h1-7,16H,(H,18,19,20)(H,21,22,23). The lowest BCUT2D eigenvalue weighted by atomic mass is 10.1. The quantitative estimate of drug-likeness (QED) is 0.500. The van der Waals surface area contributed by atoms with Gasteiger partial charge in [-0.2, -0.15) is 16.8 Å². The summed E-state index contributed by atoms with van der Waals surface area (Å²) in [5, 5.41) is 9.85. The van der Waals surface area contributed by atoms with Crippen LogP contribution in [-0.4, -0.2) is 31.0 Å². The minimum atomic E-state index is -5.10. The summed E-state index contributed by atoms with van der Waals surface area (Å²) >= 11 is 0. The van der Waals surface area contributed by atoms with Crippen molar-refractivity contribution in [2.45, 2.75) is 0 Å². The van der Waals surface area contributed by atoms with Gasteiger partial charge >= 0.3 is 20.8 Å². The fourth-order valence-corrected chi connectivity index (χ4v) is 3.07. The second kappa shape index (κ2) is 6.79. The molecule has 0 fully saturated rings. The van der Waals surface area contributed by atoms with E-state index in [9.17, 15) is 26.7 Å². The highest BCUT2D eigenvalue weighted by atomic mass is 32.3. The summed E-state index contributed by atoms with van der Waals surface area (Å²) in [5.41, 5.74) is -1.00. The molecule has 0 aliphatic carbocycles. The van der Waals surface area contributed by atoms with Crippen LogP contribution in [0.15, 0.2) is 51.7 Å². The summed E-state index contributed by atoms with van der Waals surface area (Å²) in [6.07, 6.45) is 0. The van der Waals surface area contributed by atoms with Crippen LogP contribution < -0.4 is 13.8 Å². The van der Waals surface area contributed by atoms with Crippen molar-refractivity contribution in [3.8, 4) is 28.6 Å². The molecule has 0 aliphatic rings. The van der Waals surface area contributed by atoms with Gasteiger partial charge in [0, 0.05) is 5.56 Å². The monoisotopic (exact) mass is 430 g/mol. The Kier molecular flexibility index (Phi) is 4.76. The largest absolute Gasteiger partial charge is 0.504 e. The fraction of sp³-hybridized carbons (Fsp3) is 0. The number of aromatic hydroxyl groups is 1. The predicted molar refractivity (Wildman–Crippen MR) is 93.9 cm³/mol. The second-order valence-electron chi connectivity index (χ2n) is 5.29. The van der Waals surface area contributed by atoms with Gasteiger partial charge in [0.05, 0.1) is 5.39 Å². The van der Waals surface area contributed by atoms with Crippen molar-refractivity contribution >= 4 is 31.8 Å². The van der Waals surface area contributed by atoms with Crippen LogP contribution in [0.3, 0.4) is 0 Å². The smallest absolute Gasteiger partial charge is 0.446 e. The summed E-state index contributed by atoms with van der Waals surface area (Å²) in [6.45, 7) is 0. The van der Waals surface area contributed by atoms with Crippen LogP contribution in [0.5, 0.6) is 17.2 Å². The Morgan fingerprint density at radius 3 is 2.14 bits per heavy atom. The highest BCUT2D eigenvalue weighted by Gasteiger charge is 2.23. The van der Waals surface area contributed by atoms with Crippen molar-refractivity contribution in [1.29, 1.82) is 0 Å². The molecule has 3 rings (SSSR count). The summed E-state index contributed by atoms with van der Waals surface area (Å²) in [7, 11) is -10.0. The van der Waals surface area contributed by atoms with Gasteiger partial charge in [-0.15, -0.1) is 0 Å². The van der Waals surface area contributed by atoms with Gasteiger partial charge in [0.1, 0.15) is 5.58 Å². The van der Waals surface area contributed by atoms with Crippen molar-refractivity contribution in [2.24, 2.45) is 0 Å². The molecule has 148 valence electrons. The zero-order valence-corrected chi connectivity index (χ0v) is 15.1. The highest BCUT2D eigenvalue weighted by molar-refractivity contribution is 7.81. The van der Waals surface area contributed by atoms with Gasteiger partial charge in [-0.1, -0.05) is 12.1 Å². The Balaban J connectivity index is 2.26. The summed E-state index contributed by atoms with van der Waals surface area (Å²) in [6, 6.07) is 8.64. The third-order valence-corrected chi connectivity index (χ3v) is 4.13. The third-order valence-electron chi connectivity index (χ3n) is 3.36. The van der Waals surface area contributed by atoms with Crippen molar-refractivity contribution in [3.05, 3.63) is 52.7 Å². The highest BCUT2D eigenvalue weighted by Crippen LogP contribution is 2.37. The molecule has 3 aromatic rings. The van der Waals surface area contributed by atoms with Crippen LogP contribution >= 0.6 is 0 Å². The van der Waals surface area contributed by atoms with E-state index in [-0.39, 0.29) is 16.5 Å². The van der Waals surface area contributed by atoms with E-state index in [1.165, 1.54) is 18.2 Å². The van der Waals surface area contributed by atoms with E-state index in [1.807, 2.05) is 0 Å². The van der Waals surface area contributed by atoms with Crippen LogP contribution in [0.4, 0.5) is 0 Å². The summed E-state index contributed by atoms with van der Waals surface area (Å²) < 4.78 is 75.4. The number of fused-ring (bicyclic) bond motifs is 1. The Bertz CT molecular complexity index is 1340. The first-order chi connectivity index (χ1) is 12.9. The number of rotatable bonds is 5. The molecule has 0 spiro atoms. The van der Waals surface area contributed by atoms with Gasteiger partial charge < -0.3 is 17.9 Å². The molecular formula is C15H10O11S2. The van der Waals surface area contributed by atoms with Gasteiger partial charge in [-0.3, -0.25) is 13.9 Å². The molecule has 0 saturated heterocycles. The van der Waals surface area contributed by atoms with Crippen LogP contribution in [0.25, 0.3) is 22.3 Å². The molecule has 0 aliphatic heterocycles. The second-order valence-corrected chi connectivity index (χ2v) is 7.33. The molecule has 11 nitrogen and oxygen atoms in total. The number of phenols is 1. The molecule has 2 aromatic carbocycles. The van der Waals surface area contributed by atoms with Gasteiger partial charge in [0.25, 0.3) is 0 Å². The van der Waals surface area contributed by atoms with Gasteiger partial charge in [0.15, 0.2) is 17.3 Å². The van der Waals surface area contributed by atoms with E-state index in [0.29, 0.717) is 0 Å². The first kappa shape index (κ1) is 19.6. The Labute approximate surface area is 157 Å². The first-order valence-corrected chi connectivity index (χ1v) is 9.91. The fourth-order valence-electron chi connectivity index (χ4n) is 2.34. The average Bonchev–Trinajstić information content (AvgIpc) is 2.57. The summed E-state index contributed by atoms with van der Waals surface area (Å²) in [5.74, 6) is -2.80. The van der Waals surface area contributed by atoms with E-state index >= 15 is 0 Å². The molecule has 28 heavy (non-hydrogen) atoms. The molecule has 1 heterocycles. The maximum absolute atomic E-state index is 12.6. The van der Waals surface area contributed by atoms with Gasteiger partial charge in [-0.25, -0.2) is 0 Å². The molecule has 0 atom stereocenters. The number of hydrogen-bond donors (Lipinski definition) is 3. The van der Waals surface area contributed by atoms with E-state index in [0.717, 1.165) is 18.2 Å². The molecular weight excluding hydrogens is 420 g/mol. The Morgan fingerprint density at radius 1 is 0.893 bits per heavy atom. The molecule has 3 N–H and O–H groups in total. The Morgan fingerprint density at radius 2 is 1.54 bits per heavy atom. The average molecular weight is 430 g/mol. The molecule has 0 saturated carbocycles. The van der Waals surface area contributed by atoms with Gasteiger partial charge in [-0.05, 0) is 30.3 Å². The van der Waals surface area contributed by atoms with Gasteiger partial charge in [0.2, 0.25) is 11.2 Å². The molecule has 0 bridgehead atoms. The number of phenolic OH excluding ortho intramolecular Hbond substituents is 1. The van der Waals surface area contributed by atoms with Crippen molar-refractivity contribution in [1.82, 2.24) is 0 Å². The molecule has 0 amide bonds. The zero-order chi connectivity index (χ0) is 20.7. The number of hydrogen-bond acceptors (Lipinski definition) is 9. The molecule has 0 unspecified atom stereocenters. The van der Waals surface area contributed by atoms with Crippen molar-refractivity contribution in [3.63, 3.8) is 0 Å². The lowest BCUT2D eigenvalue weighted by molar-refractivity contribution is 0.370. The van der Waals surface area contributed by atoms with E-state index < -0.39 is 49.2 Å². The maximum atomic E-state index is 12.6. The Hall–Kier alpha value is -3.13.